The van der Waals surface area contributed by atoms with Crippen molar-refractivity contribution in [3.05, 3.63) is 143 Å². The second-order valence-corrected chi connectivity index (χ2v) is 23.3. The summed E-state index contributed by atoms with van der Waals surface area (Å²) >= 11 is 0. The minimum absolute atomic E-state index is 0.0184. The number of fused-ring (bicyclic) bond motifs is 4. The van der Waals surface area contributed by atoms with Crippen LogP contribution in [0.5, 0.6) is 0 Å². The molecule has 8 rings (SSSR count). The maximum absolute atomic E-state index is 15.3. The predicted octanol–water partition coefficient (Wildman–Crippen LogP) is 10.6. The highest BCUT2D eigenvalue weighted by Gasteiger charge is 2.78. The number of hydroxylamine groups is 4. The van der Waals surface area contributed by atoms with E-state index in [0.717, 1.165) is 22.3 Å². The van der Waals surface area contributed by atoms with Gasteiger partial charge in [0.05, 0.1) is 23.9 Å². The number of ether oxygens (including phenoxy) is 2. The van der Waals surface area contributed by atoms with Crippen molar-refractivity contribution >= 4 is 23.9 Å². The molecule has 4 aliphatic rings. The predicted molar refractivity (Wildman–Crippen MR) is 268 cm³/mol. The fourth-order valence-electron chi connectivity index (χ4n) is 10.7. The lowest BCUT2D eigenvalue weighted by atomic mass is 9.66. The molecule has 366 valence electrons. The van der Waals surface area contributed by atoms with Crippen LogP contribution in [0.15, 0.2) is 109 Å². The summed E-state index contributed by atoms with van der Waals surface area (Å²) in [5, 5.41) is 3.02. The average Bonchev–Trinajstić information content (AvgIpc) is 3.78. The van der Waals surface area contributed by atoms with E-state index in [9.17, 15) is 9.59 Å². The highest BCUT2D eigenvalue weighted by atomic mass is 16.7. The minimum Gasteiger partial charge on any atom is -0.446 e. The van der Waals surface area contributed by atoms with E-state index in [0.29, 0.717) is 24.0 Å². The van der Waals surface area contributed by atoms with Gasteiger partial charge in [-0.3, -0.25) is 9.59 Å². The molecule has 2 heterocycles. The maximum atomic E-state index is 15.3. The molecule has 6 atom stereocenters. The van der Waals surface area contributed by atoms with Crippen LogP contribution in [0.2, 0.25) is 0 Å². The second-order valence-electron chi connectivity index (χ2n) is 23.3. The van der Waals surface area contributed by atoms with Crippen molar-refractivity contribution in [1.82, 2.24) is 10.1 Å². The summed E-state index contributed by atoms with van der Waals surface area (Å²) in [6, 6.07) is 32.8. The Balaban J connectivity index is 1.33. The van der Waals surface area contributed by atoms with E-state index in [1.54, 1.807) is 0 Å². The maximum Gasteiger partial charge on any atom is 0.370 e. The van der Waals surface area contributed by atoms with E-state index in [-0.39, 0.29) is 36.8 Å². The van der Waals surface area contributed by atoms with Gasteiger partial charge >= 0.3 is 23.9 Å². The first-order chi connectivity index (χ1) is 32.8. The van der Waals surface area contributed by atoms with Crippen LogP contribution in [0.25, 0.3) is 0 Å². The highest BCUT2D eigenvalue weighted by molar-refractivity contribution is 5.94. The number of benzene rings is 4. The molecular formula is C60H68N2O8. The van der Waals surface area contributed by atoms with Gasteiger partial charge in [0.15, 0.2) is 0 Å². The first-order valence-corrected chi connectivity index (χ1v) is 24.6. The lowest BCUT2D eigenvalue weighted by Crippen LogP contribution is -2.57. The van der Waals surface area contributed by atoms with Crippen molar-refractivity contribution in [1.29, 1.82) is 0 Å². The lowest BCUT2D eigenvalue weighted by molar-refractivity contribution is -0.250. The third-order valence-electron chi connectivity index (χ3n) is 16.7. The number of nitrogens with zero attached hydrogens (tertiary/aromatic N) is 2. The Morgan fingerprint density at radius 3 is 1.13 bits per heavy atom. The van der Waals surface area contributed by atoms with Crippen molar-refractivity contribution < 1.29 is 38.3 Å². The SMILES string of the molecule is CC(C)(C)c1ccc(CN(OC(=O)[C@@]23CC[C@@](C)(C(=O)O2)C3(C)C)[C@H](C#Cc2ccccc2)[C@@H](C#Cc2ccccc2)N(Cc2ccc(C(C)(C)C)cc2)OC(=O)[C@@]23CC[C@@](C)(C(=O)O2)C3(C)C)cc1. The molecule has 4 bridgehead atoms. The summed E-state index contributed by atoms with van der Waals surface area (Å²) < 4.78 is 12.2. The quantitative estimate of drug-likeness (QED) is 0.0819. The molecule has 4 aromatic carbocycles. The van der Waals surface area contributed by atoms with Crippen LogP contribution >= 0.6 is 0 Å². The molecule has 0 amide bonds. The molecule has 4 aromatic rings. The molecule has 2 saturated heterocycles. The normalized spacial score (nSPS) is 25.8. The topological polar surface area (TPSA) is 112 Å². The van der Waals surface area contributed by atoms with Crippen LogP contribution < -0.4 is 0 Å². The second kappa shape index (κ2) is 17.9. The van der Waals surface area contributed by atoms with Crippen molar-refractivity contribution in [2.24, 2.45) is 21.7 Å². The van der Waals surface area contributed by atoms with E-state index in [2.05, 4.69) is 89.5 Å². The average molecular weight is 945 g/mol. The number of hydrogen-bond donors (Lipinski definition) is 0. The van der Waals surface area contributed by atoms with Crippen molar-refractivity contribution in [3.8, 4) is 23.7 Å². The number of hydrogen-bond acceptors (Lipinski definition) is 10. The summed E-state index contributed by atoms with van der Waals surface area (Å²) in [4.78, 5) is 71.3. The highest BCUT2D eigenvalue weighted by Crippen LogP contribution is 2.67. The van der Waals surface area contributed by atoms with E-state index in [1.807, 2.05) is 126 Å². The molecule has 2 aliphatic heterocycles. The molecule has 0 N–H and O–H groups in total. The summed E-state index contributed by atoms with van der Waals surface area (Å²) in [5.41, 5.74) is -1.92. The Bertz CT molecular complexity index is 2590. The molecule has 0 radical (unpaired) electrons. The molecule has 4 fully saturated rings. The lowest BCUT2D eigenvalue weighted by Gasteiger charge is -2.40. The monoisotopic (exact) mass is 944 g/mol. The van der Waals surface area contributed by atoms with Gasteiger partial charge in [0.25, 0.3) is 0 Å². The summed E-state index contributed by atoms with van der Waals surface area (Å²) in [6.07, 6.45) is 1.45. The molecule has 2 aliphatic carbocycles. The molecular weight excluding hydrogens is 877 g/mol. The van der Waals surface area contributed by atoms with Crippen molar-refractivity contribution in [2.75, 3.05) is 0 Å². The molecule has 0 spiro atoms. The zero-order valence-corrected chi connectivity index (χ0v) is 43.0. The van der Waals surface area contributed by atoms with Gasteiger partial charge in [-0.25, -0.2) is 9.59 Å². The van der Waals surface area contributed by atoms with Gasteiger partial charge in [-0.15, -0.1) is 10.1 Å². The van der Waals surface area contributed by atoms with Gasteiger partial charge in [0.1, 0.15) is 12.1 Å². The molecule has 0 aromatic heterocycles. The smallest absolute Gasteiger partial charge is 0.370 e. The van der Waals surface area contributed by atoms with E-state index >= 15 is 9.59 Å². The Kier molecular flexibility index (Phi) is 12.8. The molecule has 10 heteroatoms. The third kappa shape index (κ3) is 8.51. The van der Waals surface area contributed by atoms with Crippen molar-refractivity contribution in [3.63, 3.8) is 0 Å². The number of carbonyl (C=O) groups is 4. The van der Waals surface area contributed by atoms with Crippen molar-refractivity contribution in [2.45, 2.75) is 156 Å². The molecule has 10 nitrogen and oxygen atoms in total. The Morgan fingerprint density at radius 1 is 0.529 bits per heavy atom. The van der Waals surface area contributed by atoms with Gasteiger partial charge < -0.3 is 19.1 Å². The zero-order valence-electron chi connectivity index (χ0n) is 43.0. The largest absolute Gasteiger partial charge is 0.446 e. The fourth-order valence-corrected chi connectivity index (χ4v) is 10.7. The summed E-state index contributed by atoms with van der Waals surface area (Å²) in [5.74, 6) is 11.3. The summed E-state index contributed by atoms with van der Waals surface area (Å²) in [6.45, 7) is 24.2. The molecule has 2 saturated carbocycles. The zero-order chi connectivity index (χ0) is 50.7. The number of rotatable bonds is 11. The van der Waals surface area contributed by atoms with E-state index in [4.69, 9.17) is 19.1 Å². The van der Waals surface area contributed by atoms with Crippen LogP contribution in [0.3, 0.4) is 0 Å². The molecule has 70 heavy (non-hydrogen) atoms. The van der Waals surface area contributed by atoms with Crippen LogP contribution in [-0.2, 0) is 62.2 Å². The van der Waals surface area contributed by atoms with Crippen LogP contribution in [-0.4, -0.2) is 57.3 Å². The minimum atomic E-state index is -1.59. The number of carbonyl (C=O) groups excluding carboxylic acids is 4. The Morgan fingerprint density at radius 2 is 0.857 bits per heavy atom. The summed E-state index contributed by atoms with van der Waals surface area (Å²) in [7, 11) is 0. The van der Waals surface area contributed by atoms with Crippen LogP contribution in [0.1, 0.15) is 142 Å². The third-order valence-corrected chi connectivity index (χ3v) is 16.7. The van der Waals surface area contributed by atoms with Gasteiger partial charge in [-0.1, -0.05) is 178 Å². The first-order valence-electron chi connectivity index (χ1n) is 24.6. The van der Waals surface area contributed by atoms with Crippen LogP contribution in [0.4, 0.5) is 0 Å². The standard InChI is InChI=1S/C60H68N2O8/c1-53(2,3)45-29-23-43(24-30-45)39-61(69-51(65)59-37-35-57(11,49(63)67-59)55(59,7)8)47(33-27-41-19-15-13-16-20-41)48(34-28-42-21-17-14-18-22-42)62(40-44-25-31-46(32-26-44)54(4,5)6)70-52(66)60-38-36-58(12,50(64)68-60)56(60,9)10/h13-26,29-32,47-48H,35-40H2,1-12H3/t47-,48-,57+,58+,59-,60-/m1/s1. The first kappa shape index (κ1) is 50.2. The van der Waals surface area contributed by atoms with E-state index in [1.165, 1.54) is 10.1 Å². The van der Waals surface area contributed by atoms with Gasteiger partial charge in [0, 0.05) is 22.0 Å². The Labute approximate surface area is 414 Å². The van der Waals surface area contributed by atoms with Gasteiger partial charge in [-0.05, 0) is 96.9 Å². The van der Waals surface area contributed by atoms with E-state index < -0.39 is 68.8 Å². The molecule has 0 unspecified atom stereocenters. The number of esters is 2. The van der Waals surface area contributed by atoms with Gasteiger partial charge in [0.2, 0.25) is 11.2 Å². The fraction of sp³-hybridized carbons (Fsp3) is 0.467. The Hall–Kier alpha value is -6.20. The van der Waals surface area contributed by atoms with Gasteiger partial charge in [-0.2, -0.15) is 0 Å². The van der Waals surface area contributed by atoms with Crippen LogP contribution in [0, 0.1) is 45.3 Å².